The van der Waals surface area contributed by atoms with Gasteiger partial charge in [0.2, 0.25) is 15.9 Å². The van der Waals surface area contributed by atoms with Gasteiger partial charge in [0.1, 0.15) is 5.82 Å². The summed E-state index contributed by atoms with van der Waals surface area (Å²) in [4.78, 5) is 10.7. The van der Waals surface area contributed by atoms with Crippen LogP contribution in [0.25, 0.3) is 0 Å². The minimum Gasteiger partial charge on any atom is -0.368 e. The van der Waals surface area contributed by atoms with Gasteiger partial charge in [0, 0.05) is 0 Å². The molecule has 5 nitrogen and oxygen atoms in total. The fourth-order valence-corrected chi connectivity index (χ4v) is 2.54. The number of hydrogen-bond acceptors (Lipinski definition) is 3. The number of carbonyl (C=O) groups excluding carboxylic acids is 1. The van der Waals surface area contributed by atoms with Crippen LogP contribution in [0.5, 0.6) is 0 Å². The third-order valence-corrected chi connectivity index (χ3v) is 3.48. The largest absolute Gasteiger partial charge is 0.368 e. The molecule has 0 aliphatic carbocycles. The Hall–Kier alpha value is -1.47. The number of primary amides is 1. The second-order valence-electron chi connectivity index (χ2n) is 3.63. The lowest BCUT2D eigenvalue weighted by Crippen LogP contribution is -2.42. The lowest BCUT2D eigenvalue weighted by molar-refractivity contribution is -0.119. The highest BCUT2D eigenvalue weighted by Gasteiger charge is 2.18. The molecule has 1 atom stereocenters. The zero-order valence-electron chi connectivity index (χ0n) is 9.18. The van der Waals surface area contributed by atoms with Crippen molar-refractivity contribution in [2.75, 3.05) is 0 Å². The highest BCUT2D eigenvalue weighted by molar-refractivity contribution is 7.88. The topological polar surface area (TPSA) is 89.3 Å². The number of carbonyl (C=O) groups is 1. The summed E-state index contributed by atoms with van der Waals surface area (Å²) in [7, 11) is -3.67. The molecule has 0 bridgehead atoms. The predicted octanol–water partition coefficient (Wildman–Crippen LogP) is 0.119. The van der Waals surface area contributed by atoms with E-state index in [0.717, 1.165) is 0 Å². The minimum absolute atomic E-state index is 0.328. The van der Waals surface area contributed by atoms with Crippen LogP contribution >= 0.6 is 0 Å². The maximum Gasteiger partial charge on any atom is 0.235 e. The van der Waals surface area contributed by atoms with Gasteiger partial charge in [0.25, 0.3) is 0 Å². The first-order valence-electron chi connectivity index (χ1n) is 4.84. The Morgan fingerprint density at radius 3 is 2.41 bits per heavy atom. The van der Waals surface area contributed by atoms with Gasteiger partial charge in [-0.05, 0) is 24.6 Å². The summed E-state index contributed by atoms with van der Waals surface area (Å²) in [6.07, 6.45) is 0. The molecule has 0 aromatic heterocycles. The molecule has 1 rings (SSSR count). The van der Waals surface area contributed by atoms with E-state index < -0.39 is 27.8 Å². The molecule has 0 aliphatic rings. The van der Waals surface area contributed by atoms with Crippen LogP contribution in [-0.4, -0.2) is 20.4 Å². The van der Waals surface area contributed by atoms with E-state index in [4.69, 9.17) is 5.73 Å². The molecule has 0 fully saturated rings. The smallest absolute Gasteiger partial charge is 0.235 e. The fraction of sp³-hybridized carbons (Fsp3) is 0.300. The normalized spacial score (nSPS) is 13.3. The molecule has 94 valence electrons. The number of benzene rings is 1. The van der Waals surface area contributed by atoms with Crippen molar-refractivity contribution in [2.24, 2.45) is 5.73 Å². The van der Waals surface area contributed by atoms with Gasteiger partial charge in [-0.3, -0.25) is 4.79 Å². The Balaban J connectivity index is 2.73. The van der Waals surface area contributed by atoms with Gasteiger partial charge in [0.05, 0.1) is 11.8 Å². The summed E-state index contributed by atoms with van der Waals surface area (Å²) in [5, 5.41) is 0. The molecule has 3 N–H and O–H groups in total. The van der Waals surface area contributed by atoms with E-state index in [1.54, 1.807) is 0 Å². The van der Waals surface area contributed by atoms with Crippen LogP contribution in [0.1, 0.15) is 12.5 Å². The van der Waals surface area contributed by atoms with Gasteiger partial charge in [-0.25, -0.2) is 17.5 Å². The average molecular weight is 260 g/mol. The summed E-state index contributed by atoms with van der Waals surface area (Å²) >= 11 is 0. The molecule has 0 radical (unpaired) electrons. The first-order chi connectivity index (χ1) is 7.80. The van der Waals surface area contributed by atoms with Crippen LogP contribution < -0.4 is 10.5 Å². The maximum atomic E-state index is 12.6. The van der Waals surface area contributed by atoms with Crippen molar-refractivity contribution in [3.05, 3.63) is 35.6 Å². The molecule has 1 unspecified atom stereocenters. The Morgan fingerprint density at radius 2 is 1.94 bits per heavy atom. The molecule has 0 heterocycles. The summed E-state index contributed by atoms with van der Waals surface area (Å²) in [6.45, 7) is 1.35. The van der Waals surface area contributed by atoms with E-state index in [0.29, 0.717) is 5.56 Å². The molecule has 0 saturated carbocycles. The summed E-state index contributed by atoms with van der Waals surface area (Å²) < 4.78 is 37.9. The highest BCUT2D eigenvalue weighted by Crippen LogP contribution is 2.07. The van der Waals surface area contributed by atoms with Crippen molar-refractivity contribution in [1.82, 2.24) is 4.72 Å². The van der Waals surface area contributed by atoms with Gasteiger partial charge in [-0.1, -0.05) is 12.1 Å². The molecule has 17 heavy (non-hydrogen) atoms. The monoisotopic (exact) mass is 260 g/mol. The standard InChI is InChI=1S/C10H13FN2O3S/c1-7(10(12)14)13-17(15,16)6-8-2-4-9(11)5-3-8/h2-5,7,13H,6H2,1H3,(H2,12,14). The Bertz CT molecular complexity index is 499. The molecular formula is C10H13FN2O3S. The molecule has 1 aromatic carbocycles. The maximum absolute atomic E-state index is 12.6. The lowest BCUT2D eigenvalue weighted by Gasteiger charge is -2.10. The van der Waals surface area contributed by atoms with Crippen molar-refractivity contribution in [1.29, 1.82) is 0 Å². The Kier molecular flexibility index (Phi) is 4.19. The molecule has 1 amide bonds. The number of nitrogens with one attached hydrogen (secondary N) is 1. The zero-order chi connectivity index (χ0) is 13.1. The van der Waals surface area contributed by atoms with Crippen LogP contribution in [0, 0.1) is 5.82 Å². The molecule has 1 aromatic rings. The Morgan fingerprint density at radius 1 is 1.41 bits per heavy atom. The van der Waals surface area contributed by atoms with Crippen molar-refractivity contribution in [2.45, 2.75) is 18.7 Å². The molecule has 0 spiro atoms. The molecule has 0 aliphatic heterocycles. The minimum atomic E-state index is -3.67. The summed E-state index contributed by atoms with van der Waals surface area (Å²) in [5.74, 6) is -1.53. The number of rotatable bonds is 5. The average Bonchev–Trinajstić information content (AvgIpc) is 2.20. The molecule has 0 saturated heterocycles. The van der Waals surface area contributed by atoms with E-state index in [9.17, 15) is 17.6 Å². The van der Waals surface area contributed by atoms with Crippen molar-refractivity contribution in [3.8, 4) is 0 Å². The van der Waals surface area contributed by atoms with Gasteiger partial charge >= 0.3 is 0 Å². The van der Waals surface area contributed by atoms with Crippen molar-refractivity contribution in [3.63, 3.8) is 0 Å². The van der Waals surface area contributed by atoms with Gasteiger partial charge in [0.15, 0.2) is 0 Å². The molecular weight excluding hydrogens is 247 g/mol. The highest BCUT2D eigenvalue weighted by atomic mass is 32.2. The van der Waals surface area contributed by atoms with E-state index in [2.05, 4.69) is 4.72 Å². The van der Waals surface area contributed by atoms with Crippen LogP contribution in [0.3, 0.4) is 0 Å². The van der Waals surface area contributed by atoms with Crippen molar-refractivity contribution >= 4 is 15.9 Å². The fourth-order valence-electron chi connectivity index (χ4n) is 1.17. The predicted molar refractivity (Wildman–Crippen MR) is 60.8 cm³/mol. The van der Waals surface area contributed by atoms with Crippen LogP contribution in [-0.2, 0) is 20.6 Å². The molecule has 7 heteroatoms. The number of halogens is 1. The number of amides is 1. The van der Waals surface area contributed by atoms with Gasteiger partial charge in [-0.15, -0.1) is 0 Å². The first-order valence-corrected chi connectivity index (χ1v) is 6.49. The van der Waals surface area contributed by atoms with Gasteiger partial charge < -0.3 is 5.73 Å². The van der Waals surface area contributed by atoms with Gasteiger partial charge in [-0.2, -0.15) is 0 Å². The van der Waals surface area contributed by atoms with E-state index in [-0.39, 0.29) is 5.75 Å². The first kappa shape index (κ1) is 13.6. The second kappa shape index (κ2) is 5.24. The second-order valence-corrected chi connectivity index (χ2v) is 5.38. The SMILES string of the molecule is CC(NS(=O)(=O)Cc1ccc(F)cc1)C(N)=O. The Labute approximate surface area is 98.9 Å². The van der Waals surface area contributed by atoms with Crippen LogP contribution in [0.15, 0.2) is 24.3 Å². The third kappa shape index (κ3) is 4.49. The summed E-state index contributed by atoms with van der Waals surface area (Å²) in [5.41, 5.74) is 5.37. The quantitative estimate of drug-likeness (QED) is 0.788. The zero-order valence-corrected chi connectivity index (χ0v) is 10.00. The van der Waals surface area contributed by atoms with Crippen LogP contribution in [0.2, 0.25) is 0 Å². The van der Waals surface area contributed by atoms with Crippen molar-refractivity contribution < 1.29 is 17.6 Å². The third-order valence-electron chi connectivity index (χ3n) is 2.05. The van der Waals surface area contributed by atoms with Crippen LogP contribution in [0.4, 0.5) is 4.39 Å². The van der Waals surface area contributed by atoms with E-state index in [1.165, 1.54) is 31.2 Å². The summed E-state index contributed by atoms with van der Waals surface area (Å²) in [6, 6.07) is 4.10. The number of sulfonamides is 1. The number of hydrogen-bond donors (Lipinski definition) is 2. The number of nitrogens with two attached hydrogens (primary N) is 1. The van der Waals surface area contributed by atoms with E-state index >= 15 is 0 Å². The van der Waals surface area contributed by atoms with E-state index in [1.807, 2.05) is 0 Å². The lowest BCUT2D eigenvalue weighted by atomic mass is 10.2.